The van der Waals surface area contributed by atoms with E-state index < -0.39 is 5.82 Å². The van der Waals surface area contributed by atoms with Gasteiger partial charge >= 0.3 is 0 Å². The van der Waals surface area contributed by atoms with Crippen molar-refractivity contribution in [3.63, 3.8) is 0 Å². The highest BCUT2D eigenvalue weighted by atomic mass is 32.2. The Kier molecular flexibility index (Phi) is 3.86. The number of thioether (sulfide) groups is 2. The number of carbonyl (C=O) groups is 1. The van der Waals surface area contributed by atoms with Crippen LogP contribution in [0.2, 0.25) is 0 Å². The highest BCUT2D eigenvalue weighted by Crippen LogP contribution is 2.32. The number of rotatable bonds is 2. The van der Waals surface area contributed by atoms with Crippen LogP contribution in [0.3, 0.4) is 0 Å². The lowest BCUT2D eigenvalue weighted by molar-refractivity contribution is 0.0988. The van der Waals surface area contributed by atoms with Crippen LogP contribution < -0.4 is 0 Å². The van der Waals surface area contributed by atoms with Gasteiger partial charge in [-0.05, 0) is 6.07 Å². The zero-order valence-corrected chi connectivity index (χ0v) is 10.5. The summed E-state index contributed by atoms with van der Waals surface area (Å²) in [5, 5.41) is 0.219. The van der Waals surface area contributed by atoms with Crippen molar-refractivity contribution in [1.29, 1.82) is 0 Å². The zero-order chi connectivity index (χ0) is 11.5. The summed E-state index contributed by atoms with van der Waals surface area (Å²) in [6.45, 7) is 2.05. The van der Waals surface area contributed by atoms with Crippen molar-refractivity contribution in [2.24, 2.45) is 0 Å². The molecular formula is C11H12FNOS2. The Morgan fingerprint density at radius 1 is 1.44 bits per heavy atom. The van der Waals surface area contributed by atoms with Gasteiger partial charge in [-0.3, -0.25) is 9.78 Å². The molecule has 0 aromatic carbocycles. The third-order valence-electron chi connectivity index (χ3n) is 2.44. The lowest BCUT2D eigenvalue weighted by atomic mass is 10.1. The van der Waals surface area contributed by atoms with E-state index in [1.165, 1.54) is 12.3 Å². The van der Waals surface area contributed by atoms with E-state index in [2.05, 4.69) is 4.98 Å². The second-order valence-corrected chi connectivity index (χ2v) is 6.36. The third kappa shape index (κ3) is 2.58. The molecular weight excluding hydrogens is 245 g/mol. The molecule has 86 valence electrons. The summed E-state index contributed by atoms with van der Waals surface area (Å²) in [6, 6.07) is 1.27. The molecule has 1 saturated heterocycles. The van der Waals surface area contributed by atoms with Crippen LogP contribution in [0, 0.1) is 5.82 Å². The average Bonchev–Trinajstić information content (AvgIpc) is 2.29. The molecule has 0 N–H and O–H groups in total. The van der Waals surface area contributed by atoms with Gasteiger partial charge in [0, 0.05) is 28.5 Å². The van der Waals surface area contributed by atoms with Gasteiger partial charge in [0.1, 0.15) is 5.82 Å². The Labute approximate surface area is 102 Å². The fourth-order valence-electron chi connectivity index (χ4n) is 1.63. The first-order chi connectivity index (χ1) is 7.68. The molecule has 2 nitrogen and oxygen atoms in total. The van der Waals surface area contributed by atoms with Gasteiger partial charge in [-0.15, -0.1) is 11.8 Å². The second kappa shape index (κ2) is 5.19. The first-order valence-corrected chi connectivity index (χ1v) is 7.16. The average molecular weight is 257 g/mol. The standard InChI is InChI=1S/C11H12FNOS2/c1-7-11(16-3-2-15-7)10(14)8-4-9(12)6-13-5-8/h4-7,11H,2-3H2,1H3. The third-order valence-corrected chi connectivity index (χ3v) is 5.53. The molecule has 0 radical (unpaired) electrons. The zero-order valence-electron chi connectivity index (χ0n) is 8.85. The molecule has 1 aromatic rings. The molecule has 0 bridgehead atoms. The Hall–Kier alpha value is -0.550. The molecule has 0 spiro atoms. The molecule has 1 aliphatic rings. The maximum Gasteiger partial charge on any atom is 0.178 e. The lowest BCUT2D eigenvalue weighted by Gasteiger charge is -2.26. The predicted molar refractivity (Wildman–Crippen MR) is 66.7 cm³/mol. The SMILES string of the molecule is CC1SCCSC1C(=O)c1cncc(F)c1. The van der Waals surface area contributed by atoms with Gasteiger partial charge in [0.15, 0.2) is 5.78 Å². The molecule has 0 amide bonds. The van der Waals surface area contributed by atoms with E-state index in [-0.39, 0.29) is 16.3 Å². The number of pyridine rings is 1. The van der Waals surface area contributed by atoms with E-state index in [0.29, 0.717) is 5.56 Å². The first-order valence-electron chi connectivity index (χ1n) is 5.06. The summed E-state index contributed by atoms with van der Waals surface area (Å²) < 4.78 is 13.0. The van der Waals surface area contributed by atoms with Crippen LogP contribution >= 0.6 is 23.5 Å². The van der Waals surface area contributed by atoms with Crippen LogP contribution in [-0.2, 0) is 0 Å². The molecule has 2 heterocycles. The van der Waals surface area contributed by atoms with Gasteiger partial charge in [-0.25, -0.2) is 4.39 Å². The maximum atomic E-state index is 13.0. The monoisotopic (exact) mass is 257 g/mol. The Balaban J connectivity index is 2.17. The number of halogens is 1. The molecule has 2 atom stereocenters. The first kappa shape index (κ1) is 11.9. The van der Waals surface area contributed by atoms with Crippen LogP contribution in [0.1, 0.15) is 17.3 Å². The van der Waals surface area contributed by atoms with Gasteiger partial charge in [-0.2, -0.15) is 11.8 Å². The highest BCUT2D eigenvalue weighted by molar-refractivity contribution is 8.07. The minimum atomic E-state index is -0.452. The van der Waals surface area contributed by atoms with E-state index in [1.54, 1.807) is 23.5 Å². The van der Waals surface area contributed by atoms with E-state index in [0.717, 1.165) is 17.7 Å². The van der Waals surface area contributed by atoms with Crippen molar-refractivity contribution >= 4 is 29.3 Å². The van der Waals surface area contributed by atoms with Crippen LogP contribution in [-0.4, -0.2) is 32.8 Å². The van der Waals surface area contributed by atoms with Crippen LogP contribution in [0.4, 0.5) is 4.39 Å². The van der Waals surface area contributed by atoms with Gasteiger partial charge in [0.05, 0.1) is 11.4 Å². The molecule has 1 fully saturated rings. The van der Waals surface area contributed by atoms with Crippen molar-refractivity contribution in [3.8, 4) is 0 Å². The molecule has 0 aliphatic carbocycles. The second-order valence-electron chi connectivity index (χ2n) is 3.62. The van der Waals surface area contributed by atoms with Crippen LogP contribution in [0.15, 0.2) is 18.5 Å². The van der Waals surface area contributed by atoms with Gasteiger partial charge in [0.2, 0.25) is 0 Å². The molecule has 2 rings (SSSR count). The van der Waals surface area contributed by atoms with Crippen molar-refractivity contribution in [1.82, 2.24) is 4.98 Å². The number of hydrogen-bond acceptors (Lipinski definition) is 4. The summed E-state index contributed by atoms with van der Waals surface area (Å²) in [6.07, 6.45) is 2.56. The van der Waals surface area contributed by atoms with E-state index in [4.69, 9.17) is 0 Å². The Bertz CT molecular complexity index is 399. The molecule has 16 heavy (non-hydrogen) atoms. The fourth-order valence-corrected chi connectivity index (χ4v) is 4.36. The molecule has 1 aromatic heterocycles. The smallest absolute Gasteiger partial charge is 0.178 e. The number of ketones is 1. The lowest BCUT2D eigenvalue weighted by Crippen LogP contribution is -2.31. The minimum Gasteiger partial charge on any atom is -0.293 e. The summed E-state index contributed by atoms with van der Waals surface area (Å²) in [5.41, 5.74) is 0.381. The summed E-state index contributed by atoms with van der Waals surface area (Å²) in [5.74, 6) is 1.61. The van der Waals surface area contributed by atoms with Crippen molar-refractivity contribution in [3.05, 3.63) is 29.8 Å². The van der Waals surface area contributed by atoms with Crippen molar-refractivity contribution in [2.75, 3.05) is 11.5 Å². The molecule has 0 saturated carbocycles. The van der Waals surface area contributed by atoms with Crippen LogP contribution in [0.5, 0.6) is 0 Å². The Morgan fingerprint density at radius 3 is 2.88 bits per heavy atom. The fraction of sp³-hybridized carbons (Fsp3) is 0.455. The van der Waals surface area contributed by atoms with Crippen molar-refractivity contribution < 1.29 is 9.18 Å². The molecule has 5 heteroatoms. The summed E-state index contributed by atoms with van der Waals surface area (Å²) in [4.78, 5) is 15.8. The normalized spacial score (nSPS) is 25.4. The highest BCUT2D eigenvalue weighted by Gasteiger charge is 2.29. The summed E-state index contributed by atoms with van der Waals surface area (Å²) in [7, 11) is 0. The quantitative estimate of drug-likeness (QED) is 0.762. The Morgan fingerprint density at radius 2 is 2.19 bits per heavy atom. The number of nitrogens with zero attached hydrogens (tertiary/aromatic N) is 1. The summed E-state index contributed by atoms with van der Waals surface area (Å²) >= 11 is 3.46. The van der Waals surface area contributed by atoms with E-state index in [9.17, 15) is 9.18 Å². The number of aromatic nitrogens is 1. The number of hydrogen-bond donors (Lipinski definition) is 0. The molecule has 2 unspecified atom stereocenters. The largest absolute Gasteiger partial charge is 0.293 e. The van der Waals surface area contributed by atoms with Crippen molar-refractivity contribution in [2.45, 2.75) is 17.4 Å². The maximum absolute atomic E-state index is 13.0. The number of Topliss-reactive ketones (excluding diaryl/α,β-unsaturated/α-hetero) is 1. The van der Waals surface area contributed by atoms with E-state index >= 15 is 0 Å². The topological polar surface area (TPSA) is 30.0 Å². The predicted octanol–water partition coefficient (Wildman–Crippen LogP) is 2.64. The van der Waals surface area contributed by atoms with Crippen LogP contribution in [0.25, 0.3) is 0 Å². The minimum absolute atomic E-state index is 0.00306. The van der Waals surface area contributed by atoms with E-state index in [1.807, 2.05) is 6.92 Å². The van der Waals surface area contributed by atoms with Gasteiger partial charge in [-0.1, -0.05) is 6.92 Å². The van der Waals surface area contributed by atoms with Gasteiger partial charge in [0.25, 0.3) is 0 Å². The molecule has 1 aliphatic heterocycles. The number of carbonyl (C=O) groups excluding carboxylic acids is 1. The van der Waals surface area contributed by atoms with Gasteiger partial charge < -0.3 is 0 Å².